The van der Waals surface area contributed by atoms with Crippen LogP contribution in [-0.2, 0) is 4.79 Å². The van der Waals surface area contributed by atoms with Crippen LogP contribution in [0.4, 0.5) is 17.1 Å². The Kier molecular flexibility index (Phi) is 4.65. The standard InChI is InChI=1S/C20H24N2O/c1-15(2)22(18-9-4-3-5-10-18)19-13-11-17(12-14-19)21-20(23)16-7-6-8-16/h3-5,9-16H,6-8H2,1-2H3,(H,21,23). The van der Waals surface area contributed by atoms with E-state index in [0.29, 0.717) is 6.04 Å². The average molecular weight is 308 g/mol. The lowest BCUT2D eigenvalue weighted by atomic mass is 9.85. The maximum Gasteiger partial charge on any atom is 0.227 e. The van der Waals surface area contributed by atoms with E-state index < -0.39 is 0 Å². The zero-order chi connectivity index (χ0) is 16.2. The fourth-order valence-corrected chi connectivity index (χ4v) is 2.95. The van der Waals surface area contributed by atoms with Gasteiger partial charge < -0.3 is 10.2 Å². The summed E-state index contributed by atoms with van der Waals surface area (Å²) >= 11 is 0. The molecule has 0 saturated heterocycles. The molecule has 0 atom stereocenters. The van der Waals surface area contributed by atoms with Crippen LogP contribution in [0.1, 0.15) is 33.1 Å². The molecule has 1 amide bonds. The van der Waals surface area contributed by atoms with E-state index in [-0.39, 0.29) is 11.8 Å². The van der Waals surface area contributed by atoms with Crippen molar-refractivity contribution in [3.63, 3.8) is 0 Å². The number of hydrogen-bond acceptors (Lipinski definition) is 2. The van der Waals surface area contributed by atoms with E-state index in [4.69, 9.17) is 0 Å². The van der Waals surface area contributed by atoms with Crippen molar-refractivity contribution in [1.82, 2.24) is 0 Å². The van der Waals surface area contributed by atoms with Crippen LogP contribution in [-0.4, -0.2) is 11.9 Å². The first kappa shape index (κ1) is 15.6. The van der Waals surface area contributed by atoms with Crippen LogP contribution in [0.3, 0.4) is 0 Å². The molecule has 0 aliphatic heterocycles. The molecule has 2 aromatic carbocycles. The van der Waals surface area contributed by atoms with Crippen LogP contribution in [0, 0.1) is 5.92 Å². The van der Waals surface area contributed by atoms with Crippen molar-refractivity contribution in [3.8, 4) is 0 Å². The second-order valence-corrected chi connectivity index (χ2v) is 6.46. The second kappa shape index (κ2) is 6.86. The highest BCUT2D eigenvalue weighted by molar-refractivity contribution is 5.93. The molecular weight excluding hydrogens is 284 g/mol. The summed E-state index contributed by atoms with van der Waals surface area (Å²) in [5.41, 5.74) is 3.18. The Balaban J connectivity index is 1.75. The van der Waals surface area contributed by atoms with E-state index in [9.17, 15) is 4.79 Å². The third-order valence-electron chi connectivity index (χ3n) is 4.44. The van der Waals surface area contributed by atoms with Gasteiger partial charge in [-0.1, -0.05) is 24.6 Å². The zero-order valence-electron chi connectivity index (χ0n) is 13.8. The van der Waals surface area contributed by atoms with Crippen molar-refractivity contribution in [2.24, 2.45) is 5.92 Å². The molecule has 0 unspecified atom stereocenters. The van der Waals surface area contributed by atoms with E-state index >= 15 is 0 Å². The van der Waals surface area contributed by atoms with Crippen molar-refractivity contribution in [1.29, 1.82) is 0 Å². The van der Waals surface area contributed by atoms with Gasteiger partial charge in [0.25, 0.3) is 0 Å². The predicted octanol–water partition coefficient (Wildman–Crippen LogP) is 4.97. The highest BCUT2D eigenvalue weighted by atomic mass is 16.1. The molecule has 1 saturated carbocycles. The lowest BCUT2D eigenvalue weighted by Gasteiger charge is -2.29. The number of benzene rings is 2. The van der Waals surface area contributed by atoms with Crippen LogP contribution in [0.15, 0.2) is 54.6 Å². The Morgan fingerprint density at radius 3 is 2.13 bits per heavy atom. The van der Waals surface area contributed by atoms with E-state index in [1.807, 2.05) is 18.2 Å². The molecule has 0 bridgehead atoms. The molecule has 0 radical (unpaired) electrons. The van der Waals surface area contributed by atoms with Crippen LogP contribution in [0.2, 0.25) is 0 Å². The molecule has 2 aromatic rings. The quantitative estimate of drug-likeness (QED) is 0.845. The van der Waals surface area contributed by atoms with Crippen molar-refractivity contribution < 1.29 is 4.79 Å². The normalized spacial score (nSPS) is 14.4. The molecule has 0 aromatic heterocycles. The summed E-state index contributed by atoms with van der Waals surface area (Å²) in [6.07, 6.45) is 3.23. The number of rotatable bonds is 5. The van der Waals surface area contributed by atoms with Crippen LogP contribution in [0.5, 0.6) is 0 Å². The first-order chi connectivity index (χ1) is 11.1. The molecule has 3 rings (SSSR count). The number of hydrogen-bond donors (Lipinski definition) is 1. The van der Waals surface area contributed by atoms with E-state index in [0.717, 1.165) is 24.2 Å². The van der Waals surface area contributed by atoms with Gasteiger partial charge in [-0.2, -0.15) is 0 Å². The third kappa shape index (κ3) is 3.55. The summed E-state index contributed by atoms with van der Waals surface area (Å²) in [6, 6.07) is 18.9. The minimum Gasteiger partial charge on any atom is -0.339 e. The van der Waals surface area contributed by atoms with Gasteiger partial charge in [0.2, 0.25) is 5.91 Å². The Hall–Kier alpha value is -2.29. The summed E-state index contributed by atoms with van der Waals surface area (Å²) in [7, 11) is 0. The zero-order valence-corrected chi connectivity index (χ0v) is 13.8. The number of para-hydroxylation sites is 1. The topological polar surface area (TPSA) is 32.3 Å². The first-order valence-corrected chi connectivity index (χ1v) is 8.40. The van der Waals surface area contributed by atoms with Crippen molar-refractivity contribution in [3.05, 3.63) is 54.6 Å². The van der Waals surface area contributed by atoms with Gasteiger partial charge in [0.1, 0.15) is 0 Å². The number of carbonyl (C=O) groups excluding carboxylic acids is 1. The fraction of sp³-hybridized carbons (Fsp3) is 0.350. The summed E-state index contributed by atoms with van der Waals surface area (Å²) in [4.78, 5) is 14.3. The minimum absolute atomic E-state index is 0.160. The van der Waals surface area contributed by atoms with Crippen LogP contribution < -0.4 is 10.2 Å². The van der Waals surface area contributed by atoms with Gasteiger partial charge in [-0.3, -0.25) is 4.79 Å². The van der Waals surface area contributed by atoms with Gasteiger partial charge in [0.05, 0.1) is 0 Å². The van der Waals surface area contributed by atoms with Gasteiger partial charge in [-0.15, -0.1) is 0 Å². The monoisotopic (exact) mass is 308 g/mol. The lowest BCUT2D eigenvalue weighted by Crippen LogP contribution is -2.28. The summed E-state index contributed by atoms with van der Waals surface area (Å²) in [6.45, 7) is 4.36. The van der Waals surface area contributed by atoms with Gasteiger partial charge in [-0.05, 0) is 63.1 Å². The molecule has 0 spiro atoms. The lowest BCUT2D eigenvalue weighted by molar-refractivity contribution is -0.122. The number of anilines is 3. The molecule has 3 heteroatoms. The van der Waals surface area contributed by atoms with Crippen molar-refractivity contribution in [2.75, 3.05) is 10.2 Å². The van der Waals surface area contributed by atoms with Gasteiger partial charge >= 0.3 is 0 Å². The maximum absolute atomic E-state index is 12.0. The molecule has 3 nitrogen and oxygen atoms in total. The summed E-state index contributed by atoms with van der Waals surface area (Å²) < 4.78 is 0. The van der Waals surface area contributed by atoms with E-state index in [1.165, 1.54) is 12.1 Å². The molecule has 1 aliphatic carbocycles. The van der Waals surface area contributed by atoms with E-state index in [1.54, 1.807) is 0 Å². The minimum atomic E-state index is 0.160. The molecular formula is C20H24N2O. The Morgan fingerprint density at radius 1 is 1.00 bits per heavy atom. The maximum atomic E-state index is 12.0. The molecule has 0 heterocycles. The number of carbonyl (C=O) groups is 1. The highest BCUT2D eigenvalue weighted by Crippen LogP contribution is 2.30. The molecule has 1 aliphatic rings. The number of nitrogens with zero attached hydrogens (tertiary/aromatic N) is 1. The summed E-state index contributed by atoms with van der Waals surface area (Å²) in [5, 5.41) is 3.02. The van der Waals surface area contributed by atoms with E-state index in [2.05, 4.69) is 60.5 Å². The molecule has 1 N–H and O–H groups in total. The molecule has 1 fully saturated rings. The highest BCUT2D eigenvalue weighted by Gasteiger charge is 2.25. The van der Waals surface area contributed by atoms with Crippen LogP contribution in [0.25, 0.3) is 0 Å². The van der Waals surface area contributed by atoms with Gasteiger partial charge in [0.15, 0.2) is 0 Å². The number of amides is 1. The predicted molar refractivity (Wildman–Crippen MR) is 96.1 cm³/mol. The van der Waals surface area contributed by atoms with Crippen molar-refractivity contribution >= 4 is 23.0 Å². The van der Waals surface area contributed by atoms with Crippen molar-refractivity contribution in [2.45, 2.75) is 39.2 Å². The van der Waals surface area contributed by atoms with Crippen LogP contribution >= 0.6 is 0 Å². The average Bonchev–Trinajstić information content (AvgIpc) is 2.48. The largest absolute Gasteiger partial charge is 0.339 e. The smallest absolute Gasteiger partial charge is 0.227 e. The summed E-state index contributed by atoms with van der Waals surface area (Å²) in [5.74, 6) is 0.374. The first-order valence-electron chi connectivity index (χ1n) is 8.40. The number of nitrogens with one attached hydrogen (secondary N) is 1. The molecule has 120 valence electrons. The Labute approximate surface area is 138 Å². The molecule has 23 heavy (non-hydrogen) atoms. The fourth-order valence-electron chi connectivity index (χ4n) is 2.95. The van der Waals surface area contributed by atoms with Gasteiger partial charge in [-0.25, -0.2) is 0 Å². The SMILES string of the molecule is CC(C)N(c1ccccc1)c1ccc(NC(=O)C2CCC2)cc1. The van der Waals surface area contributed by atoms with Gasteiger partial charge in [0, 0.05) is 29.0 Å². The second-order valence-electron chi connectivity index (χ2n) is 6.46. The Bertz CT molecular complexity index is 645. The Morgan fingerprint density at radius 2 is 1.61 bits per heavy atom. The third-order valence-corrected chi connectivity index (χ3v) is 4.44.